The molecular formula is C12H14ClN3O. The van der Waals surface area contributed by atoms with Crippen molar-refractivity contribution >= 4 is 11.6 Å². The van der Waals surface area contributed by atoms with Gasteiger partial charge in [-0.1, -0.05) is 18.5 Å². The molecule has 0 bridgehead atoms. The number of aryl methyl sites for hydroxylation is 1. The van der Waals surface area contributed by atoms with E-state index >= 15 is 0 Å². The lowest BCUT2D eigenvalue weighted by molar-refractivity contribution is 0.199. The van der Waals surface area contributed by atoms with Crippen LogP contribution in [0.3, 0.4) is 0 Å². The van der Waals surface area contributed by atoms with Gasteiger partial charge in [-0.2, -0.15) is 0 Å². The minimum absolute atomic E-state index is 0.554. The summed E-state index contributed by atoms with van der Waals surface area (Å²) in [6.45, 7) is 2.91. The third-order valence-electron chi connectivity index (χ3n) is 2.49. The van der Waals surface area contributed by atoms with Crippen LogP contribution in [-0.2, 0) is 6.54 Å². The summed E-state index contributed by atoms with van der Waals surface area (Å²) in [5.41, 5.74) is 0.554. The first-order valence-electron chi connectivity index (χ1n) is 5.53. The molecule has 0 saturated carbocycles. The Morgan fingerprint density at radius 3 is 2.88 bits per heavy atom. The Balaban J connectivity index is 2.26. The molecule has 0 aliphatic carbocycles. The van der Waals surface area contributed by atoms with Gasteiger partial charge in [0, 0.05) is 25.1 Å². The first-order valence-corrected chi connectivity index (χ1v) is 5.90. The lowest BCUT2D eigenvalue weighted by atomic mass is 10.2. The van der Waals surface area contributed by atoms with Crippen LogP contribution in [0.1, 0.15) is 31.0 Å². The molecule has 4 nitrogen and oxygen atoms in total. The molecule has 17 heavy (non-hydrogen) atoms. The Kier molecular flexibility index (Phi) is 3.76. The maximum absolute atomic E-state index is 10.2. The molecule has 0 saturated heterocycles. The molecule has 1 N–H and O–H groups in total. The van der Waals surface area contributed by atoms with Gasteiger partial charge in [-0.15, -0.1) is 0 Å². The zero-order valence-electron chi connectivity index (χ0n) is 9.55. The van der Waals surface area contributed by atoms with Crippen LogP contribution in [0.2, 0.25) is 5.02 Å². The summed E-state index contributed by atoms with van der Waals surface area (Å²) >= 11 is 5.76. The second-order valence-electron chi connectivity index (χ2n) is 3.78. The molecule has 2 heterocycles. The zero-order valence-corrected chi connectivity index (χ0v) is 10.3. The standard InChI is InChI=1S/C12H14ClN3O/c1-2-6-16-7-5-14-12(16)11(17)10-4-3-9(13)8-15-10/h3-5,7-8,11,17H,2,6H2,1H3. The second-order valence-corrected chi connectivity index (χ2v) is 4.22. The largest absolute Gasteiger partial charge is 0.379 e. The highest BCUT2D eigenvalue weighted by Gasteiger charge is 2.16. The number of hydrogen-bond acceptors (Lipinski definition) is 3. The van der Waals surface area contributed by atoms with Crippen LogP contribution in [-0.4, -0.2) is 19.6 Å². The summed E-state index contributed by atoms with van der Waals surface area (Å²) in [6.07, 6.45) is 5.24. The molecule has 0 spiro atoms. The minimum Gasteiger partial charge on any atom is -0.379 e. The zero-order chi connectivity index (χ0) is 12.3. The van der Waals surface area contributed by atoms with E-state index in [2.05, 4.69) is 16.9 Å². The lowest BCUT2D eigenvalue weighted by Gasteiger charge is -2.12. The summed E-state index contributed by atoms with van der Waals surface area (Å²) in [5, 5.41) is 10.7. The van der Waals surface area contributed by atoms with Crippen molar-refractivity contribution in [3.8, 4) is 0 Å². The summed E-state index contributed by atoms with van der Waals surface area (Å²) < 4.78 is 1.93. The number of halogens is 1. The van der Waals surface area contributed by atoms with Crippen LogP contribution >= 0.6 is 11.6 Å². The molecule has 1 unspecified atom stereocenters. The van der Waals surface area contributed by atoms with Crippen molar-refractivity contribution < 1.29 is 5.11 Å². The molecule has 0 fully saturated rings. The summed E-state index contributed by atoms with van der Waals surface area (Å²) in [4.78, 5) is 8.27. The predicted molar refractivity (Wildman–Crippen MR) is 65.8 cm³/mol. The summed E-state index contributed by atoms with van der Waals surface area (Å²) in [5.74, 6) is 0.613. The van der Waals surface area contributed by atoms with Gasteiger partial charge in [0.2, 0.25) is 0 Å². The molecule has 2 rings (SSSR count). The van der Waals surface area contributed by atoms with Crippen molar-refractivity contribution in [2.24, 2.45) is 0 Å². The van der Waals surface area contributed by atoms with Crippen molar-refractivity contribution in [3.63, 3.8) is 0 Å². The number of aliphatic hydroxyl groups excluding tert-OH is 1. The van der Waals surface area contributed by atoms with Crippen molar-refractivity contribution in [2.75, 3.05) is 0 Å². The first-order chi connectivity index (χ1) is 8.22. The Bertz CT molecular complexity index is 481. The van der Waals surface area contributed by atoms with E-state index in [-0.39, 0.29) is 0 Å². The molecule has 90 valence electrons. The van der Waals surface area contributed by atoms with Crippen LogP contribution in [0.15, 0.2) is 30.7 Å². The molecule has 2 aromatic rings. The lowest BCUT2D eigenvalue weighted by Crippen LogP contribution is -2.10. The average molecular weight is 252 g/mol. The van der Waals surface area contributed by atoms with Gasteiger partial charge in [-0.25, -0.2) is 4.98 Å². The highest BCUT2D eigenvalue weighted by atomic mass is 35.5. The Morgan fingerprint density at radius 2 is 2.24 bits per heavy atom. The molecule has 1 atom stereocenters. The first kappa shape index (κ1) is 12.1. The quantitative estimate of drug-likeness (QED) is 0.908. The number of hydrogen-bond donors (Lipinski definition) is 1. The van der Waals surface area contributed by atoms with Crippen LogP contribution in [0.5, 0.6) is 0 Å². The van der Waals surface area contributed by atoms with E-state index in [0.29, 0.717) is 16.5 Å². The van der Waals surface area contributed by atoms with Gasteiger partial charge in [0.15, 0.2) is 6.10 Å². The van der Waals surface area contributed by atoms with Crippen LogP contribution in [0, 0.1) is 0 Å². The molecule has 0 aromatic carbocycles. The van der Waals surface area contributed by atoms with Gasteiger partial charge in [0.1, 0.15) is 5.82 Å². The minimum atomic E-state index is -0.811. The van der Waals surface area contributed by atoms with Crippen molar-refractivity contribution in [1.29, 1.82) is 0 Å². The fraction of sp³-hybridized carbons (Fsp3) is 0.333. The van der Waals surface area contributed by atoms with Crippen LogP contribution in [0.25, 0.3) is 0 Å². The fourth-order valence-electron chi connectivity index (χ4n) is 1.68. The van der Waals surface area contributed by atoms with E-state index in [0.717, 1.165) is 13.0 Å². The molecule has 0 radical (unpaired) electrons. The second kappa shape index (κ2) is 5.29. The van der Waals surface area contributed by atoms with E-state index in [4.69, 9.17) is 11.6 Å². The number of rotatable bonds is 4. The molecule has 0 aliphatic rings. The van der Waals surface area contributed by atoms with Gasteiger partial charge in [-0.05, 0) is 18.6 Å². The van der Waals surface area contributed by atoms with Crippen molar-refractivity contribution in [2.45, 2.75) is 26.0 Å². The fourth-order valence-corrected chi connectivity index (χ4v) is 1.79. The highest BCUT2D eigenvalue weighted by Crippen LogP contribution is 2.20. The number of nitrogens with zero attached hydrogens (tertiary/aromatic N) is 3. The molecular weight excluding hydrogens is 238 g/mol. The topological polar surface area (TPSA) is 50.9 Å². The maximum Gasteiger partial charge on any atom is 0.153 e. The third-order valence-corrected chi connectivity index (χ3v) is 2.71. The third kappa shape index (κ3) is 2.65. The number of aromatic nitrogens is 3. The van der Waals surface area contributed by atoms with E-state index in [1.807, 2.05) is 10.8 Å². The Labute approximate surface area is 105 Å². The smallest absolute Gasteiger partial charge is 0.153 e. The van der Waals surface area contributed by atoms with Gasteiger partial charge < -0.3 is 9.67 Å². The van der Waals surface area contributed by atoms with Crippen LogP contribution in [0.4, 0.5) is 0 Å². The van der Waals surface area contributed by atoms with E-state index in [1.165, 1.54) is 6.20 Å². The highest BCUT2D eigenvalue weighted by molar-refractivity contribution is 6.30. The van der Waals surface area contributed by atoms with E-state index in [1.54, 1.807) is 18.3 Å². The maximum atomic E-state index is 10.2. The van der Waals surface area contributed by atoms with Crippen LogP contribution < -0.4 is 0 Å². The Morgan fingerprint density at radius 1 is 1.41 bits per heavy atom. The number of imidazole rings is 1. The number of aliphatic hydroxyl groups is 1. The van der Waals surface area contributed by atoms with Gasteiger partial charge in [0.25, 0.3) is 0 Å². The van der Waals surface area contributed by atoms with E-state index in [9.17, 15) is 5.11 Å². The number of pyridine rings is 1. The SMILES string of the molecule is CCCn1ccnc1C(O)c1ccc(Cl)cn1. The molecule has 5 heteroatoms. The van der Waals surface area contributed by atoms with Gasteiger partial charge in [0.05, 0.1) is 10.7 Å². The van der Waals surface area contributed by atoms with E-state index < -0.39 is 6.10 Å². The predicted octanol–water partition coefficient (Wildman–Crippen LogP) is 2.42. The van der Waals surface area contributed by atoms with Gasteiger partial charge >= 0.3 is 0 Å². The summed E-state index contributed by atoms with van der Waals surface area (Å²) in [7, 11) is 0. The van der Waals surface area contributed by atoms with Crippen molar-refractivity contribution in [3.05, 3.63) is 47.3 Å². The van der Waals surface area contributed by atoms with Crippen molar-refractivity contribution in [1.82, 2.24) is 14.5 Å². The Hall–Kier alpha value is -1.39. The monoisotopic (exact) mass is 251 g/mol. The van der Waals surface area contributed by atoms with Gasteiger partial charge in [-0.3, -0.25) is 4.98 Å². The molecule has 2 aromatic heterocycles. The summed E-state index contributed by atoms with van der Waals surface area (Å²) in [6, 6.07) is 3.41. The molecule has 0 aliphatic heterocycles. The average Bonchev–Trinajstić information content (AvgIpc) is 2.78. The molecule has 0 amide bonds. The normalized spacial score (nSPS) is 12.6.